The van der Waals surface area contributed by atoms with Crippen molar-refractivity contribution >= 4 is 10.0 Å². The molecule has 1 aromatic carbocycles. The fraction of sp³-hybridized carbons (Fsp3) is 0.600. The van der Waals surface area contributed by atoms with E-state index in [0.717, 1.165) is 24.8 Å². The van der Waals surface area contributed by atoms with Crippen LogP contribution in [0.25, 0.3) is 0 Å². The van der Waals surface area contributed by atoms with Crippen LogP contribution in [-0.4, -0.2) is 32.9 Å². The molecule has 1 unspecified atom stereocenters. The molecule has 20 heavy (non-hydrogen) atoms. The highest BCUT2D eigenvalue weighted by atomic mass is 32.2. The maximum Gasteiger partial charge on any atom is 0.246 e. The summed E-state index contributed by atoms with van der Waals surface area (Å²) in [6.45, 7) is 5.32. The van der Waals surface area contributed by atoms with Crippen molar-refractivity contribution in [2.45, 2.75) is 38.0 Å². The Kier molecular flexibility index (Phi) is 4.70. The second-order valence-corrected chi connectivity index (χ2v) is 7.36. The quantitative estimate of drug-likeness (QED) is 0.858. The molecule has 4 nitrogen and oxygen atoms in total. The summed E-state index contributed by atoms with van der Waals surface area (Å²) in [6, 6.07) is 5.41. The van der Waals surface area contributed by atoms with Gasteiger partial charge in [0.25, 0.3) is 0 Å². The van der Waals surface area contributed by atoms with E-state index in [0.29, 0.717) is 29.7 Å². The first kappa shape index (κ1) is 15.3. The molecule has 2 rings (SSSR count). The molecule has 1 aliphatic rings. The molecule has 0 saturated carbocycles. The maximum absolute atomic E-state index is 12.8. The van der Waals surface area contributed by atoms with Gasteiger partial charge in [0, 0.05) is 13.1 Å². The molecule has 0 N–H and O–H groups in total. The van der Waals surface area contributed by atoms with Crippen molar-refractivity contribution in [3.05, 3.63) is 23.8 Å². The minimum Gasteiger partial charge on any atom is -0.495 e. The van der Waals surface area contributed by atoms with Gasteiger partial charge in [0.05, 0.1) is 7.11 Å². The molecule has 1 atom stereocenters. The minimum atomic E-state index is -3.46. The first-order valence-electron chi connectivity index (χ1n) is 7.16. The van der Waals surface area contributed by atoms with Crippen LogP contribution in [0, 0.1) is 5.92 Å². The van der Waals surface area contributed by atoms with Crippen molar-refractivity contribution in [1.29, 1.82) is 0 Å². The van der Waals surface area contributed by atoms with Crippen LogP contribution in [0.15, 0.2) is 23.1 Å². The lowest BCUT2D eigenvalue weighted by Crippen LogP contribution is -2.39. The number of hydrogen-bond acceptors (Lipinski definition) is 3. The van der Waals surface area contributed by atoms with Crippen molar-refractivity contribution in [1.82, 2.24) is 4.31 Å². The largest absolute Gasteiger partial charge is 0.495 e. The number of benzene rings is 1. The number of hydrogen-bond donors (Lipinski definition) is 0. The van der Waals surface area contributed by atoms with Gasteiger partial charge in [-0.2, -0.15) is 4.31 Å². The van der Waals surface area contributed by atoms with E-state index in [2.05, 4.69) is 6.92 Å². The van der Waals surface area contributed by atoms with Crippen molar-refractivity contribution in [3.63, 3.8) is 0 Å². The normalized spacial score (nSPS) is 20.9. The van der Waals surface area contributed by atoms with E-state index < -0.39 is 10.0 Å². The third-order valence-electron chi connectivity index (χ3n) is 3.87. The summed E-state index contributed by atoms with van der Waals surface area (Å²) in [5, 5.41) is 0. The smallest absolute Gasteiger partial charge is 0.246 e. The van der Waals surface area contributed by atoms with Crippen LogP contribution < -0.4 is 4.74 Å². The molecular weight excluding hydrogens is 274 g/mol. The van der Waals surface area contributed by atoms with Gasteiger partial charge >= 0.3 is 0 Å². The van der Waals surface area contributed by atoms with Gasteiger partial charge in [-0.05, 0) is 42.9 Å². The highest BCUT2D eigenvalue weighted by Crippen LogP contribution is 2.30. The topological polar surface area (TPSA) is 46.6 Å². The van der Waals surface area contributed by atoms with Crippen molar-refractivity contribution in [3.8, 4) is 5.75 Å². The lowest BCUT2D eigenvalue weighted by molar-refractivity contribution is 0.280. The first-order chi connectivity index (χ1) is 9.48. The third-order valence-corrected chi connectivity index (χ3v) is 5.76. The highest BCUT2D eigenvalue weighted by molar-refractivity contribution is 7.89. The Morgan fingerprint density at radius 1 is 1.40 bits per heavy atom. The zero-order valence-electron chi connectivity index (χ0n) is 12.4. The Labute approximate surface area is 121 Å². The number of rotatable bonds is 4. The number of piperidine rings is 1. The Balaban J connectivity index is 2.42. The SMILES string of the molecule is CCc1ccc(OC)c(S(=O)(=O)N2CCCC(C)C2)c1. The molecule has 0 bridgehead atoms. The predicted molar refractivity (Wildman–Crippen MR) is 79.5 cm³/mol. The molecule has 1 aromatic rings. The Morgan fingerprint density at radius 3 is 2.75 bits per heavy atom. The van der Waals surface area contributed by atoms with Crippen LogP contribution in [-0.2, 0) is 16.4 Å². The van der Waals surface area contributed by atoms with E-state index in [1.165, 1.54) is 7.11 Å². The zero-order valence-corrected chi connectivity index (χ0v) is 13.2. The van der Waals surface area contributed by atoms with Crippen LogP contribution in [0.1, 0.15) is 32.3 Å². The maximum atomic E-state index is 12.8. The van der Waals surface area contributed by atoms with Gasteiger partial charge in [0.2, 0.25) is 10.0 Å². The van der Waals surface area contributed by atoms with Crippen LogP contribution in [0.3, 0.4) is 0 Å². The minimum absolute atomic E-state index is 0.299. The molecule has 0 aliphatic carbocycles. The summed E-state index contributed by atoms with van der Waals surface area (Å²) in [6.07, 6.45) is 2.83. The molecule has 1 heterocycles. The number of methoxy groups -OCH3 is 1. The van der Waals surface area contributed by atoms with Crippen LogP contribution in [0.2, 0.25) is 0 Å². The zero-order chi connectivity index (χ0) is 14.8. The van der Waals surface area contributed by atoms with E-state index in [1.54, 1.807) is 16.4 Å². The lowest BCUT2D eigenvalue weighted by Gasteiger charge is -2.30. The predicted octanol–water partition coefficient (Wildman–Crippen LogP) is 2.68. The second-order valence-electron chi connectivity index (χ2n) is 5.45. The van der Waals surface area contributed by atoms with Gasteiger partial charge in [-0.1, -0.05) is 19.9 Å². The molecule has 0 aromatic heterocycles. The van der Waals surface area contributed by atoms with Crippen molar-refractivity contribution in [2.24, 2.45) is 5.92 Å². The summed E-state index contributed by atoms with van der Waals surface area (Å²) >= 11 is 0. The molecule has 0 amide bonds. The van der Waals surface area contributed by atoms with Gasteiger partial charge in [-0.15, -0.1) is 0 Å². The monoisotopic (exact) mass is 297 g/mol. The van der Waals surface area contributed by atoms with E-state index >= 15 is 0 Å². The molecule has 1 aliphatic heterocycles. The van der Waals surface area contributed by atoms with Crippen LogP contribution in [0.5, 0.6) is 5.75 Å². The van der Waals surface area contributed by atoms with E-state index in [-0.39, 0.29) is 0 Å². The third kappa shape index (κ3) is 2.99. The van der Waals surface area contributed by atoms with Crippen molar-refractivity contribution < 1.29 is 13.2 Å². The number of sulfonamides is 1. The molecule has 1 saturated heterocycles. The first-order valence-corrected chi connectivity index (χ1v) is 8.60. The molecule has 112 valence electrons. The van der Waals surface area contributed by atoms with Gasteiger partial charge in [-0.3, -0.25) is 0 Å². The standard InChI is InChI=1S/C15H23NO3S/c1-4-13-7-8-14(19-3)15(10-13)20(17,18)16-9-5-6-12(2)11-16/h7-8,10,12H,4-6,9,11H2,1-3H3. The average molecular weight is 297 g/mol. The molecular formula is C15H23NO3S. The summed E-state index contributed by atoms with van der Waals surface area (Å²) in [7, 11) is -1.95. The summed E-state index contributed by atoms with van der Waals surface area (Å²) in [5.41, 5.74) is 1.01. The van der Waals surface area contributed by atoms with E-state index in [4.69, 9.17) is 4.74 Å². The van der Waals surface area contributed by atoms with E-state index in [9.17, 15) is 8.42 Å². The Bertz CT molecular complexity index is 568. The van der Waals surface area contributed by atoms with Gasteiger partial charge in [0.1, 0.15) is 10.6 Å². The molecule has 5 heteroatoms. The van der Waals surface area contributed by atoms with Crippen LogP contribution in [0.4, 0.5) is 0 Å². The molecule has 1 fully saturated rings. The Morgan fingerprint density at radius 2 is 2.15 bits per heavy atom. The summed E-state index contributed by atoms with van der Waals surface area (Å²) in [5.74, 6) is 0.847. The molecule has 0 spiro atoms. The fourth-order valence-electron chi connectivity index (χ4n) is 2.65. The van der Waals surface area contributed by atoms with Crippen LogP contribution >= 0.6 is 0 Å². The summed E-state index contributed by atoms with van der Waals surface area (Å²) in [4.78, 5) is 0.299. The van der Waals surface area contributed by atoms with Gasteiger partial charge in [-0.25, -0.2) is 8.42 Å². The van der Waals surface area contributed by atoms with E-state index in [1.807, 2.05) is 13.0 Å². The second kappa shape index (κ2) is 6.14. The number of ether oxygens (including phenoxy) is 1. The summed E-state index contributed by atoms with van der Waals surface area (Å²) < 4.78 is 32.5. The highest BCUT2D eigenvalue weighted by Gasteiger charge is 2.31. The number of aryl methyl sites for hydroxylation is 1. The van der Waals surface area contributed by atoms with Crippen molar-refractivity contribution in [2.75, 3.05) is 20.2 Å². The Hall–Kier alpha value is -1.07. The molecule has 0 radical (unpaired) electrons. The lowest BCUT2D eigenvalue weighted by atomic mass is 10.0. The average Bonchev–Trinajstić information content (AvgIpc) is 2.46. The van der Waals surface area contributed by atoms with Gasteiger partial charge < -0.3 is 4.74 Å². The number of nitrogens with zero attached hydrogens (tertiary/aromatic N) is 1. The van der Waals surface area contributed by atoms with Gasteiger partial charge in [0.15, 0.2) is 0 Å². The fourth-order valence-corrected chi connectivity index (χ4v) is 4.45.